The van der Waals surface area contributed by atoms with E-state index in [9.17, 15) is 0 Å². The van der Waals surface area contributed by atoms with Gasteiger partial charge in [-0.05, 0) is 24.3 Å². The number of nitrogens with zero attached hydrogens (tertiary/aromatic N) is 1. The van der Waals surface area contributed by atoms with Crippen LogP contribution < -0.4 is 10.5 Å². The number of para-hydroxylation sites is 1. The van der Waals surface area contributed by atoms with Crippen molar-refractivity contribution in [1.82, 2.24) is 4.98 Å². The van der Waals surface area contributed by atoms with Crippen LogP contribution in [0.25, 0.3) is 0 Å². The lowest BCUT2D eigenvalue weighted by molar-refractivity contribution is 0.481. The molecule has 3 nitrogen and oxygen atoms in total. The van der Waals surface area contributed by atoms with Gasteiger partial charge in [-0.2, -0.15) is 0 Å². The van der Waals surface area contributed by atoms with Gasteiger partial charge in [-0.1, -0.05) is 51.4 Å². The zero-order valence-corrected chi connectivity index (χ0v) is 12.6. The number of halogens is 1. The number of nitrogens with two attached hydrogens (primary N) is 1. The van der Waals surface area contributed by atoms with Crippen LogP contribution in [0.15, 0.2) is 42.6 Å². The van der Waals surface area contributed by atoms with Crippen LogP contribution >= 0.6 is 11.6 Å². The third kappa shape index (κ3) is 6.11. The van der Waals surface area contributed by atoms with Crippen LogP contribution in [0, 0.1) is 0 Å². The van der Waals surface area contributed by atoms with Crippen molar-refractivity contribution in [2.75, 3.05) is 5.73 Å². The molecule has 2 N–H and O–H groups in total. The Labute approximate surface area is 120 Å². The van der Waals surface area contributed by atoms with E-state index in [0.717, 1.165) is 0 Å². The third-order valence-corrected chi connectivity index (χ3v) is 2.14. The molecule has 1 aromatic carbocycles. The summed E-state index contributed by atoms with van der Waals surface area (Å²) in [6.45, 7) is 8.00. The minimum absolute atomic E-state index is 0.460. The van der Waals surface area contributed by atoms with E-state index < -0.39 is 0 Å². The van der Waals surface area contributed by atoms with Crippen molar-refractivity contribution in [2.45, 2.75) is 27.7 Å². The van der Waals surface area contributed by atoms with Crippen molar-refractivity contribution in [3.05, 3.63) is 47.6 Å². The number of pyridine rings is 1. The third-order valence-electron chi connectivity index (χ3n) is 1.82. The minimum Gasteiger partial charge on any atom is -0.454 e. The largest absolute Gasteiger partial charge is 0.454 e. The average molecular weight is 281 g/mol. The van der Waals surface area contributed by atoms with Gasteiger partial charge in [-0.3, -0.25) is 0 Å². The topological polar surface area (TPSA) is 48.1 Å². The Morgan fingerprint density at radius 3 is 2.16 bits per heavy atom. The van der Waals surface area contributed by atoms with Crippen LogP contribution in [-0.2, 0) is 0 Å². The smallest absolute Gasteiger partial charge is 0.146 e. The van der Waals surface area contributed by atoms with E-state index >= 15 is 0 Å². The molecule has 0 unspecified atom stereocenters. The fourth-order valence-corrected chi connectivity index (χ4v) is 1.28. The zero-order valence-electron chi connectivity index (χ0n) is 11.9. The van der Waals surface area contributed by atoms with Gasteiger partial charge < -0.3 is 10.5 Å². The summed E-state index contributed by atoms with van der Waals surface area (Å²) in [5.74, 6) is 1.67. The van der Waals surface area contributed by atoms with Crippen molar-refractivity contribution >= 4 is 17.4 Å². The summed E-state index contributed by atoms with van der Waals surface area (Å²) >= 11 is 5.94. The van der Waals surface area contributed by atoms with Gasteiger partial charge in [-0.25, -0.2) is 4.98 Å². The molecule has 0 fully saturated rings. The van der Waals surface area contributed by atoms with Gasteiger partial charge in [0, 0.05) is 0 Å². The van der Waals surface area contributed by atoms with Crippen molar-refractivity contribution < 1.29 is 4.74 Å². The zero-order chi connectivity index (χ0) is 14.7. The van der Waals surface area contributed by atoms with E-state index in [1.807, 2.05) is 39.8 Å². The van der Waals surface area contributed by atoms with Crippen molar-refractivity contribution in [3.8, 4) is 11.5 Å². The maximum Gasteiger partial charge on any atom is 0.146 e. The Bertz CT molecular complexity index is 458. The molecule has 0 aliphatic carbocycles. The van der Waals surface area contributed by atoms with Crippen molar-refractivity contribution in [3.63, 3.8) is 0 Å². The number of aromatic nitrogens is 1. The second kappa shape index (κ2) is 10.2. The number of nitrogen functional groups attached to an aromatic ring is 1. The Hall–Kier alpha value is -1.74. The first-order valence-corrected chi connectivity index (χ1v) is 6.77. The van der Waals surface area contributed by atoms with E-state index in [4.69, 9.17) is 22.1 Å². The summed E-state index contributed by atoms with van der Waals surface area (Å²) in [5.41, 5.74) is 5.46. The van der Waals surface area contributed by atoms with E-state index in [1.54, 1.807) is 30.5 Å². The molecule has 0 radical (unpaired) electrons. The minimum atomic E-state index is 0.460. The molecule has 0 bridgehead atoms. The predicted molar refractivity (Wildman–Crippen MR) is 82.9 cm³/mol. The summed E-state index contributed by atoms with van der Waals surface area (Å²) in [6, 6.07) is 10.7. The predicted octanol–water partition coefficient (Wildman–Crippen LogP) is 5.16. The van der Waals surface area contributed by atoms with Gasteiger partial charge >= 0.3 is 0 Å². The summed E-state index contributed by atoms with van der Waals surface area (Å²) in [4.78, 5) is 3.91. The van der Waals surface area contributed by atoms with Gasteiger partial charge in [0.05, 0.1) is 11.2 Å². The van der Waals surface area contributed by atoms with Crippen LogP contribution in [0.1, 0.15) is 27.7 Å². The lowest BCUT2D eigenvalue weighted by atomic mass is 10.3. The molecule has 2 rings (SSSR count). The molecule has 1 heterocycles. The molecule has 2 aromatic rings. The number of hydrogen-bond acceptors (Lipinski definition) is 3. The second-order valence-electron chi connectivity index (χ2n) is 2.95. The molecule has 4 heteroatoms. The van der Waals surface area contributed by atoms with Gasteiger partial charge in [0.15, 0.2) is 0 Å². The maximum atomic E-state index is 5.94. The highest BCUT2D eigenvalue weighted by atomic mass is 35.5. The number of benzene rings is 1. The molecule has 0 atom stereocenters. The summed E-state index contributed by atoms with van der Waals surface area (Å²) in [5, 5.41) is 0.564. The first-order chi connectivity index (χ1) is 9.25. The van der Waals surface area contributed by atoms with Crippen LogP contribution in [0.5, 0.6) is 11.5 Å². The molecule has 0 spiro atoms. The fourth-order valence-electron chi connectivity index (χ4n) is 1.11. The lowest BCUT2D eigenvalue weighted by Gasteiger charge is -2.06. The Morgan fingerprint density at radius 2 is 1.63 bits per heavy atom. The first-order valence-electron chi connectivity index (χ1n) is 6.39. The highest BCUT2D eigenvalue weighted by molar-refractivity contribution is 6.32. The molecule has 19 heavy (non-hydrogen) atoms. The summed E-state index contributed by atoms with van der Waals surface area (Å²) in [7, 11) is 0. The number of ether oxygens (including phenoxy) is 1. The molecule has 0 amide bonds. The molecular formula is C15H21ClN2O. The average Bonchev–Trinajstić information content (AvgIpc) is 2.48. The van der Waals surface area contributed by atoms with Crippen molar-refractivity contribution in [1.29, 1.82) is 0 Å². The Balaban J connectivity index is 0.000000741. The highest BCUT2D eigenvalue weighted by Crippen LogP contribution is 2.28. The lowest BCUT2D eigenvalue weighted by Crippen LogP contribution is -1.90. The quantitative estimate of drug-likeness (QED) is 0.826. The second-order valence-corrected chi connectivity index (χ2v) is 3.36. The van der Waals surface area contributed by atoms with Crippen LogP contribution in [-0.4, -0.2) is 4.98 Å². The SMILES string of the molecule is CC.CC.Nc1ccc(Oc2ccccc2Cl)cn1. The van der Waals surface area contributed by atoms with E-state index in [-0.39, 0.29) is 0 Å². The number of rotatable bonds is 2. The number of anilines is 1. The molecule has 0 saturated heterocycles. The normalized spacial score (nSPS) is 8.47. The molecular weight excluding hydrogens is 260 g/mol. The van der Waals surface area contributed by atoms with Gasteiger partial charge in [0.2, 0.25) is 0 Å². The molecule has 104 valence electrons. The Kier molecular flexibility index (Phi) is 9.27. The standard InChI is InChI=1S/C11H9ClN2O.2C2H6/c12-9-3-1-2-4-10(9)15-8-5-6-11(13)14-7-8;2*1-2/h1-7H,(H2,13,14);2*1-2H3. The summed E-state index contributed by atoms with van der Waals surface area (Å²) in [6.07, 6.45) is 1.55. The van der Waals surface area contributed by atoms with Crippen molar-refractivity contribution in [2.24, 2.45) is 0 Å². The fraction of sp³-hybridized carbons (Fsp3) is 0.267. The van der Waals surface area contributed by atoms with Gasteiger partial charge in [-0.15, -0.1) is 0 Å². The van der Waals surface area contributed by atoms with Crippen LogP contribution in [0.3, 0.4) is 0 Å². The monoisotopic (exact) mass is 280 g/mol. The van der Waals surface area contributed by atoms with E-state index in [2.05, 4.69) is 4.98 Å². The highest BCUT2D eigenvalue weighted by Gasteiger charge is 2.01. The molecule has 0 saturated carbocycles. The van der Waals surface area contributed by atoms with E-state index in [1.165, 1.54) is 0 Å². The molecule has 0 aliphatic rings. The Morgan fingerprint density at radius 1 is 1.00 bits per heavy atom. The first kappa shape index (κ1) is 17.3. The van der Waals surface area contributed by atoms with Crippen LogP contribution in [0.2, 0.25) is 5.02 Å². The van der Waals surface area contributed by atoms with Gasteiger partial charge in [0.25, 0.3) is 0 Å². The van der Waals surface area contributed by atoms with Gasteiger partial charge in [0.1, 0.15) is 17.3 Å². The van der Waals surface area contributed by atoms with Crippen LogP contribution in [0.4, 0.5) is 5.82 Å². The maximum absolute atomic E-state index is 5.94. The molecule has 1 aromatic heterocycles. The number of hydrogen-bond donors (Lipinski definition) is 1. The molecule has 0 aliphatic heterocycles. The summed E-state index contributed by atoms with van der Waals surface area (Å²) < 4.78 is 5.51. The van der Waals surface area contributed by atoms with E-state index in [0.29, 0.717) is 22.3 Å².